The fourth-order valence-electron chi connectivity index (χ4n) is 1.94. The minimum absolute atomic E-state index is 0.275. The fourth-order valence-corrected chi connectivity index (χ4v) is 3.58. The summed E-state index contributed by atoms with van der Waals surface area (Å²) in [6, 6.07) is 12.1. The van der Waals surface area contributed by atoms with Gasteiger partial charge in [0.1, 0.15) is 16.6 Å². The van der Waals surface area contributed by atoms with Crippen LogP contribution in [-0.2, 0) is 12.3 Å². The summed E-state index contributed by atoms with van der Waals surface area (Å²) in [7, 11) is 0. The van der Waals surface area contributed by atoms with Crippen LogP contribution in [-0.4, -0.2) is 16.1 Å². The second-order valence-electron chi connectivity index (χ2n) is 5.05. The normalized spacial score (nSPS) is 10.6. The summed E-state index contributed by atoms with van der Waals surface area (Å²) in [4.78, 5) is 13.0. The van der Waals surface area contributed by atoms with Crippen LogP contribution in [0.3, 0.4) is 0 Å². The number of amides is 1. The van der Waals surface area contributed by atoms with Crippen molar-refractivity contribution in [3.05, 3.63) is 75.7 Å². The molecule has 1 N–H and O–H groups in total. The van der Waals surface area contributed by atoms with Crippen LogP contribution < -0.4 is 5.32 Å². The third kappa shape index (κ3) is 5.07. The molecule has 3 aromatic rings. The van der Waals surface area contributed by atoms with Gasteiger partial charge in [0.15, 0.2) is 0 Å². The first-order chi connectivity index (χ1) is 12.1. The molecule has 1 amide bonds. The van der Waals surface area contributed by atoms with Gasteiger partial charge in [0, 0.05) is 11.4 Å². The van der Waals surface area contributed by atoms with Crippen molar-refractivity contribution in [1.82, 2.24) is 15.5 Å². The van der Waals surface area contributed by atoms with E-state index in [4.69, 9.17) is 0 Å². The largest absolute Gasteiger partial charge is 0.346 e. The van der Waals surface area contributed by atoms with Gasteiger partial charge in [-0.25, -0.2) is 8.78 Å². The van der Waals surface area contributed by atoms with E-state index >= 15 is 0 Å². The molecule has 4 nitrogen and oxygen atoms in total. The Kier molecular flexibility index (Phi) is 5.72. The Balaban J connectivity index is 1.52. The zero-order chi connectivity index (χ0) is 17.6. The van der Waals surface area contributed by atoms with Crippen molar-refractivity contribution < 1.29 is 13.6 Å². The maximum atomic E-state index is 12.9. The molecule has 3 rings (SSSR count). The van der Waals surface area contributed by atoms with Crippen molar-refractivity contribution in [3.63, 3.8) is 0 Å². The Morgan fingerprint density at radius 2 is 1.64 bits per heavy atom. The Hall–Kier alpha value is -2.32. The third-order valence-electron chi connectivity index (χ3n) is 3.20. The van der Waals surface area contributed by atoms with Crippen molar-refractivity contribution >= 4 is 29.0 Å². The average Bonchev–Trinajstić information content (AvgIpc) is 3.10. The van der Waals surface area contributed by atoms with E-state index in [1.807, 2.05) is 0 Å². The fraction of sp³-hybridized carbons (Fsp3) is 0.118. The van der Waals surface area contributed by atoms with Gasteiger partial charge in [0.25, 0.3) is 5.91 Å². The van der Waals surface area contributed by atoms with E-state index in [1.54, 1.807) is 24.3 Å². The summed E-state index contributed by atoms with van der Waals surface area (Å²) >= 11 is 2.70. The molecular formula is C17H13F2N3OS2. The third-order valence-corrected chi connectivity index (χ3v) is 5.33. The number of hydrogen-bond donors (Lipinski definition) is 1. The Labute approximate surface area is 151 Å². The Morgan fingerprint density at radius 3 is 2.32 bits per heavy atom. The van der Waals surface area contributed by atoms with Gasteiger partial charge in [-0.1, -0.05) is 23.5 Å². The van der Waals surface area contributed by atoms with Crippen molar-refractivity contribution in [2.24, 2.45) is 0 Å². The highest BCUT2D eigenvalue weighted by atomic mass is 32.2. The maximum Gasteiger partial charge on any atom is 0.282 e. The zero-order valence-corrected chi connectivity index (χ0v) is 14.5. The van der Waals surface area contributed by atoms with E-state index in [2.05, 4.69) is 15.5 Å². The SMILES string of the molecule is O=C(NCc1ccc(F)cc1)c1nnc(CSc2ccc(F)cc2)s1. The van der Waals surface area contributed by atoms with E-state index in [-0.39, 0.29) is 22.5 Å². The average molecular weight is 377 g/mol. The highest BCUT2D eigenvalue weighted by Crippen LogP contribution is 2.24. The van der Waals surface area contributed by atoms with Crippen molar-refractivity contribution in [1.29, 1.82) is 0 Å². The smallest absolute Gasteiger partial charge is 0.282 e. The molecular weight excluding hydrogens is 364 g/mol. The molecule has 0 atom stereocenters. The second kappa shape index (κ2) is 8.17. The number of hydrogen-bond acceptors (Lipinski definition) is 5. The van der Waals surface area contributed by atoms with Gasteiger partial charge in [-0.15, -0.1) is 22.0 Å². The number of rotatable bonds is 6. The molecule has 0 saturated heterocycles. The molecule has 128 valence electrons. The van der Waals surface area contributed by atoms with Crippen LogP contribution in [0.2, 0.25) is 0 Å². The molecule has 1 heterocycles. The summed E-state index contributed by atoms with van der Waals surface area (Å²) in [5.41, 5.74) is 0.798. The van der Waals surface area contributed by atoms with Crippen LogP contribution in [0.5, 0.6) is 0 Å². The molecule has 0 radical (unpaired) electrons. The molecule has 25 heavy (non-hydrogen) atoms. The summed E-state index contributed by atoms with van der Waals surface area (Å²) < 4.78 is 25.7. The number of nitrogens with one attached hydrogen (secondary N) is 1. The van der Waals surface area contributed by atoms with Gasteiger partial charge < -0.3 is 5.32 Å². The van der Waals surface area contributed by atoms with Gasteiger partial charge in [-0.2, -0.15) is 0 Å². The van der Waals surface area contributed by atoms with E-state index in [0.29, 0.717) is 17.3 Å². The monoisotopic (exact) mass is 377 g/mol. The number of halogens is 2. The number of aromatic nitrogens is 2. The van der Waals surface area contributed by atoms with Crippen molar-refractivity contribution in [3.8, 4) is 0 Å². The van der Waals surface area contributed by atoms with Crippen LogP contribution in [0, 0.1) is 11.6 Å². The highest BCUT2D eigenvalue weighted by Gasteiger charge is 2.12. The quantitative estimate of drug-likeness (QED) is 0.659. The standard InChI is InChI=1S/C17H13F2N3OS2/c18-12-3-1-11(2-4-12)9-20-16(23)17-22-21-15(25-17)10-24-14-7-5-13(19)6-8-14/h1-8H,9-10H2,(H,20,23). The molecule has 0 fully saturated rings. The summed E-state index contributed by atoms with van der Waals surface area (Å²) in [6.07, 6.45) is 0. The summed E-state index contributed by atoms with van der Waals surface area (Å²) in [6.45, 7) is 0.290. The van der Waals surface area contributed by atoms with Gasteiger partial charge in [-0.05, 0) is 42.0 Å². The molecule has 8 heteroatoms. The lowest BCUT2D eigenvalue weighted by molar-refractivity contribution is 0.0950. The zero-order valence-electron chi connectivity index (χ0n) is 12.9. The molecule has 0 bridgehead atoms. The van der Waals surface area contributed by atoms with Crippen LogP contribution in [0.1, 0.15) is 20.4 Å². The van der Waals surface area contributed by atoms with Gasteiger partial charge in [0.2, 0.25) is 5.01 Å². The number of benzene rings is 2. The first-order valence-electron chi connectivity index (χ1n) is 7.33. The highest BCUT2D eigenvalue weighted by molar-refractivity contribution is 7.98. The molecule has 0 spiro atoms. The van der Waals surface area contributed by atoms with Crippen molar-refractivity contribution in [2.45, 2.75) is 17.2 Å². The van der Waals surface area contributed by atoms with Crippen LogP contribution >= 0.6 is 23.1 Å². The van der Waals surface area contributed by atoms with Crippen molar-refractivity contribution in [2.75, 3.05) is 0 Å². The summed E-state index contributed by atoms with van der Waals surface area (Å²) in [5, 5.41) is 11.6. The van der Waals surface area contributed by atoms with Crippen LogP contribution in [0.25, 0.3) is 0 Å². The Bertz CT molecular complexity index is 851. The topological polar surface area (TPSA) is 54.9 Å². The number of thioether (sulfide) groups is 1. The Morgan fingerprint density at radius 1 is 1.00 bits per heavy atom. The second-order valence-corrected chi connectivity index (χ2v) is 7.16. The van der Waals surface area contributed by atoms with Crippen LogP contribution in [0.15, 0.2) is 53.4 Å². The van der Waals surface area contributed by atoms with E-state index < -0.39 is 0 Å². The lowest BCUT2D eigenvalue weighted by Crippen LogP contribution is -2.22. The lowest BCUT2D eigenvalue weighted by atomic mass is 10.2. The van der Waals surface area contributed by atoms with Gasteiger partial charge in [0.05, 0.1) is 5.75 Å². The van der Waals surface area contributed by atoms with E-state index in [0.717, 1.165) is 10.5 Å². The molecule has 0 aliphatic rings. The molecule has 0 saturated carbocycles. The predicted octanol–water partition coefficient (Wildman–Crippen LogP) is 4.04. The predicted molar refractivity (Wildman–Crippen MR) is 93.4 cm³/mol. The van der Waals surface area contributed by atoms with Gasteiger partial charge >= 0.3 is 0 Å². The first-order valence-corrected chi connectivity index (χ1v) is 9.14. The van der Waals surface area contributed by atoms with E-state index in [9.17, 15) is 13.6 Å². The van der Waals surface area contributed by atoms with Gasteiger partial charge in [-0.3, -0.25) is 4.79 Å². The number of carbonyl (C=O) groups excluding carboxylic acids is 1. The number of nitrogens with zero attached hydrogens (tertiary/aromatic N) is 2. The van der Waals surface area contributed by atoms with Crippen LogP contribution in [0.4, 0.5) is 8.78 Å². The summed E-state index contributed by atoms with van der Waals surface area (Å²) in [5.74, 6) is -0.364. The molecule has 2 aromatic carbocycles. The molecule has 0 aliphatic heterocycles. The lowest BCUT2D eigenvalue weighted by Gasteiger charge is -2.02. The number of carbonyl (C=O) groups is 1. The minimum Gasteiger partial charge on any atom is -0.346 e. The minimum atomic E-state index is -0.320. The molecule has 0 unspecified atom stereocenters. The molecule has 1 aromatic heterocycles. The first kappa shape index (κ1) is 17.5. The maximum absolute atomic E-state index is 12.9. The van der Waals surface area contributed by atoms with E-state index in [1.165, 1.54) is 47.4 Å². The molecule has 0 aliphatic carbocycles.